The van der Waals surface area contributed by atoms with Gasteiger partial charge in [-0.2, -0.15) is 0 Å². The Hall–Kier alpha value is -2.50. The van der Waals surface area contributed by atoms with E-state index in [9.17, 15) is 9.50 Å². The van der Waals surface area contributed by atoms with Crippen molar-refractivity contribution in [1.82, 2.24) is 4.98 Å². The van der Waals surface area contributed by atoms with E-state index in [2.05, 4.69) is 4.98 Å². The lowest BCUT2D eigenvalue weighted by atomic mass is 9.97. The third-order valence-corrected chi connectivity index (χ3v) is 5.04. The highest BCUT2D eigenvalue weighted by molar-refractivity contribution is 7.10. The normalized spacial score (nSPS) is 14.0. The molecule has 5 heteroatoms. The first kappa shape index (κ1) is 15.1. The van der Waals surface area contributed by atoms with E-state index in [0.717, 1.165) is 11.0 Å². The molecule has 1 N–H and O–H groups in total. The van der Waals surface area contributed by atoms with Crippen molar-refractivity contribution >= 4 is 22.3 Å². The molecule has 0 spiro atoms. The Balaban J connectivity index is 1.74. The fourth-order valence-corrected chi connectivity index (χ4v) is 3.52. The van der Waals surface area contributed by atoms with Crippen LogP contribution in [-0.4, -0.2) is 10.1 Å². The molecule has 0 aliphatic rings. The second-order valence-electron chi connectivity index (χ2n) is 5.77. The number of nitrogens with zero attached hydrogens (tertiary/aromatic N) is 1. The van der Waals surface area contributed by atoms with Crippen LogP contribution in [0.3, 0.4) is 0 Å². The average molecular weight is 339 g/mol. The average Bonchev–Trinajstić information content (AvgIpc) is 3.21. The van der Waals surface area contributed by atoms with E-state index in [-0.39, 0.29) is 5.82 Å². The highest BCUT2D eigenvalue weighted by Crippen LogP contribution is 2.35. The molecular weight excluding hydrogens is 325 g/mol. The molecule has 120 valence electrons. The zero-order valence-electron chi connectivity index (χ0n) is 12.9. The molecule has 1 unspecified atom stereocenters. The molecule has 4 aromatic rings. The summed E-state index contributed by atoms with van der Waals surface area (Å²) in [5.74, 6) is 0.260. The van der Waals surface area contributed by atoms with Gasteiger partial charge in [0.25, 0.3) is 0 Å². The van der Waals surface area contributed by atoms with Gasteiger partial charge in [0.2, 0.25) is 0 Å². The first-order chi connectivity index (χ1) is 11.5. The predicted octanol–water partition coefficient (Wildman–Crippen LogP) is 4.95. The van der Waals surface area contributed by atoms with Gasteiger partial charge >= 0.3 is 0 Å². The van der Waals surface area contributed by atoms with E-state index in [4.69, 9.17) is 4.42 Å². The Morgan fingerprint density at radius 3 is 2.75 bits per heavy atom. The molecule has 2 aromatic heterocycles. The first-order valence-corrected chi connectivity index (χ1v) is 8.35. The highest BCUT2D eigenvalue weighted by atomic mass is 32.1. The molecule has 0 bridgehead atoms. The number of para-hydroxylation sites is 1. The maximum absolute atomic E-state index is 13.5. The molecule has 0 saturated heterocycles. The Kier molecular flexibility index (Phi) is 3.48. The van der Waals surface area contributed by atoms with Gasteiger partial charge < -0.3 is 9.52 Å². The fourth-order valence-electron chi connectivity index (χ4n) is 2.63. The molecular formula is C19H14FNO2S. The second kappa shape index (κ2) is 5.54. The zero-order chi connectivity index (χ0) is 16.7. The quantitative estimate of drug-likeness (QED) is 0.574. The number of aromatic nitrogens is 1. The maximum atomic E-state index is 13.5. The van der Waals surface area contributed by atoms with Crippen LogP contribution in [0.15, 0.2) is 64.4 Å². The molecule has 24 heavy (non-hydrogen) atoms. The molecule has 3 nitrogen and oxygen atoms in total. The number of rotatable bonds is 3. The molecule has 0 amide bonds. The van der Waals surface area contributed by atoms with Crippen molar-refractivity contribution in [1.29, 1.82) is 0 Å². The molecule has 0 aliphatic heterocycles. The monoisotopic (exact) mass is 339 g/mol. The van der Waals surface area contributed by atoms with Crippen LogP contribution in [0.25, 0.3) is 22.4 Å². The molecule has 2 aromatic carbocycles. The fraction of sp³-hybridized carbons (Fsp3) is 0.105. The van der Waals surface area contributed by atoms with Crippen LogP contribution in [-0.2, 0) is 5.60 Å². The summed E-state index contributed by atoms with van der Waals surface area (Å²) >= 11 is 1.32. The second-order valence-corrected chi connectivity index (χ2v) is 6.63. The zero-order valence-corrected chi connectivity index (χ0v) is 13.7. The van der Waals surface area contributed by atoms with Gasteiger partial charge in [-0.3, -0.25) is 0 Å². The van der Waals surface area contributed by atoms with E-state index in [1.807, 2.05) is 35.7 Å². The third kappa shape index (κ3) is 2.52. The van der Waals surface area contributed by atoms with Crippen LogP contribution in [0.5, 0.6) is 0 Å². The van der Waals surface area contributed by atoms with E-state index in [1.165, 1.54) is 23.5 Å². The number of thiazole rings is 1. The largest absolute Gasteiger partial charge is 0.454 e. The van der Waals surface area contributed by atoms with Crippen LogP contribution < -0.4 is 0 Å². The number of hydrogen-bond donors (Lipinski definition) is 1. The Morgan fingerprint density at radius 1 is 1.12 bits per heavy atom. The Labute approximate surface area is 142 Å². The standard InChI is InChI=1S/C19H14FNO2S/c1-19(22,13-6-4-7-14(20)10-13)18-21-15(11-24-18)17-9-12-5-2-3-8-16(12)23-17/h2-11,22H,1H3. The molecule has 2 heterocycles. The number of aliphatic hydroxyl groups is 1. The van der Waals surface area contributed by atoms with Crippen LogP contribution in [0.4, 0.5) is 4.39 Å². The lowest BCUT2D eigenvalue weighted by Gasteiger charge is -2.21. The van der Waals surface area contributed by atoms with Gasteiger partial charge in [-0.25, -0.2) is 9.37 Å². The number of fused-ring (bicyclic) bond motifs is 1. The van der Waals surface area contributed by atoms with Crippen LogP contribution in [0, 0.1) is 5.82 Å². The summed E-state index contributed by atoms with van der Waals surface area (Å²) in [5, 5.41) is 14.2. The van der Waals surface area contributed by atoms with E-state index >= 15 is 0 Å². The van der Waals surface area contributed by atoms with Crippen molar-refractivity contribution in [2.24, 2.45) is 0 Å². The molecule has 0 radical (unpaired) electrons. The van der Waals surface area contributed by atoms with Crippen molar-refractivity contribution in [3.8, 4) is 11.5 Å². The summed E-state index contributed by atoms with van der Waals surface area (Å²) in [6.07, 6.45) is 0. The van der Waals surface area contributed by atoms with Crippen molar-refractivity contribution in [3.63, 3.8) is 0 Å². The summed E-state index contributed by atoms with van der Waals surface area (Å²) in [6.45, 7) is 1.61. The van der Waals surface area contributed by atoms with Gasteiger partial charge in [0.15, 0.2) is 5.76 Å². The topological polar surface area (TPSA) is 46.3 Å². The van der Waals surface area contributed by atoms with Gasteiger partial charge in [-0.05, 0) is 36.8 Å². The molecule has 1 atom stereocenters. The molecule has 4 rings (SSSR count). The van der Waals surface area contributed by atoms with Gasteiger partial charge in [-0.1, -0.05) is 30.3 Å². The predicted molar refractivity (Wildman–Crippen MR) is 92.4 cm³/mol. The van der Waals surface area contributed by atoms with Crippen molar-refractivity contribution in [2.45, 2.75) is 12.5 Å². The molecule has 0 aliphatic carbocycles. The number of halogens is 1. The Bertz CT molecular complexity index is 986. The lowest BCUT2D eigenvalue weighted by Crippen LogP contribution is -2.22. The van der Waals surface area contributed by atoms with Crippen LogP contribution in [0.2, 0.25) is 0 Å². The molecule has 0 fully saturated rings. The Morgan fingerprint density at radius 2 is 1.96 bits per heavy atom. The number of furan rings is 1. The van der Waals surface area contributed by atoms with E-state index in [0.29, 0.717) is 22.0 Å². The first-order valence-electron chi connectivity index (χ1n) is 7.47. The van der Waals surface area contributed by atoms with Crippen LogP contribution in [0.1, 0.15) is 17.5 Å². The van der Waals surface area contributed by atoms with Crippen molar-refractivity contribution < 1.29 is 13.9 Å². The maximum Gasteiger partial charge on any atom is 0.154 e. The van der Waals surface area contributed by atoms with Gasteiger partial charge in [0.05, 0.1) is 0 Å². The van der Waals surface area contributed by atoms with Crippen LogP contribution >= 0.6 is 11.3 Å². The SMILES string of the molecule is CC(O)(c1cccc(F)c1)c1nc(-c2cc3ccccc3o2)cs1. The highest BCUT2D eigenvalue weighted by Gasteiger charge is 2.30. The van der Waals surface area contributed by atoms with Gasteiger partial charge in [0, 0.05) is 10.8 Å². The lowest BCUT2D eigenvalue weighted by molar-refractivity contribution is 0.102. The summed E-state index contributed by atoms with van der Waals surface area (Å²) in [5.41, 5.74) is 0.548. The van der Waals surface area contributed by atoms with Crippen molar-refractivity contribution in [3.05, 3.63) is 76.4 Å². The summed E-state index contributed by atoms with van der Waals surface area (Å²) in [7, 11) is 0. The summed E-state index contributed by atoms with van der Waals surface area (Å²) in [4.78, 5) is 4.51. The van der Waals surface area contributed by atoms with E-state index in [1.54, 1.807) is 19.1 Å². The minimum absolute atomic E-state index is 0.387. The minimum atomic E-state index is -1.36. The van der Waals surface area contributed by atoms with E-state index < -0.39 is 5.60 Å². The number of hydrogen-bond acceptors (Lipinski definition) is 4. The third-order valence-electron chi connectivity index (χ3n) is 3.99. The summed E-state index contributed by atoms with van der Waals surface area (Å²) < 4.78 is 19.3. The van der Waals surface area contributed by atoms with Gasteiger partial charge in [0.1, 0.15) is 27.7 Å². The number of benzene rings is 2. The summed E-state index contributed by atoms with van der Waals surface area (Å²) in [6, 6.07) is 15.6. The molecule has 0 saturated carbocycles. The minimum Gasteiger partial charge on any atom is -0.454 e. The van der Waals surface area contributed by atoms with Crippen molar-refractivity contribution in [2.75, 3.05) is 0 Å². The van der Waals surface area contributed by atoms with Gasteiger partial charge in [-0.15, -0.1) is 11.3 Å². The smallest absolute Gasteiger partial charge is 0.154 e.